The minimum Gasteiger partial charge on any atom is -0.490 e. The number of fused-ring (bicyclic) bond motifs is 1. The van der Waals surface area contributed by atoms with Crippen LogP contribution in [0.1, 0.15) is 15.9 Å². The Labute approximate surface area is 182 Å². The van der Waals surface area contributed by atoms with E-state index in [1.165, 1.54) is 19.2 Å². The first-order chi connectivity index (χ1) is 15.4. The van der Waals surface area contributed by atoms with Crippen LogP contribution in [0, 0.1) is 17.0 Å². The molecule has 1 heterocycles. The number of hydrogen-bond acceptors (Lipinski definition) is 6. The number of benzene rings is 3. The molecule has 0 unspecified atom stereocenters. The second kappa shape index (κ2) is 8.35. The molecule has 3 aromatic carbocycles. The SMILES string of the molecule is COc1ccc(C(=O)Nc2ccc(-c3cc4ccccc4oc3=O)c(C)c2)cc1[N+](=O)[O-]. The van der Waals surface area contributed by atoms with Crippen molar-refractivity contribution in [3.05, 3.63) is 98.4 Å². The number of hydrogen-bond donors (Lipinski definition) is 1. The van der Waals surface area contributed by atoms with Crippen molar-refractivity contribution < 1.29 is 18.9 Å². The van der Waals surface area contributed by atoms with Crippen molar-refractivity contribution in [3.63, 3.8) is 0 Å². The predicted molar refractivity (Wildman–Crippen MR) is 120 cm³/mol. The standard InChI is InChI=1S/C24H18N2O6/c1-14-11-17(25-23(27)16-7-10-22(31-2)20(13-16)26(29)30)8-9-18(14)19-12-15-5-3-4-6-21(15)32-24(19)28/h3-13H,1-2H3,(H,25,27). The number of aryl methyl sites for hydroxylation is 1. The van der Waals surface area contributed by atoms with E-state index in [1.807, 2.05) is 19.1 Å². The summed E-state index contributed by atoms with van der Waals surface area (Å²) in [7, 11) is 1.32. The first kappa shape index (κ1) is 20.8. The number of nitrogens with one attached hydrogen (secondary N) is 1. The van der Waals surface area contributed by atoms with Crippen molar-refractivity contribution in [2.45, 2.75) is 6.92 Å². The summed E-state index contributed by atoms with van der Waals surface area (Å²) in [6, 6.07) is 18.1. The molecule has 4 aromatic rings. The number of rotatable bonds is 5. The van der Waals surface area contributed by atoms with Gasteiger partial charge in [-0.1, -0.05) is 24.3 Å². The molecule has 160 valence electrons. The van der Waals surface area contributed by atoms with Crippen LogP contribution >= 0.6 is 0 Å². The van der Waals surface area contributed by atoms with Crippen LogP contribution in [0.2, 0.25) is 0 Å². The largest absolute Gasteiger partial charge is 0.490 e. The van der Waals surface area contributed by atoms with E-state index in [0.29, 0.717) is 22.4 Å². The molecule has 0 saturated heterocycles. The Morgan fingerprint density at radius 1 is 1.03 bits per heavy atom. The highest BCUT2D eigenvalue weighted by atomic mass is 16.6. The minimum atomic E-state index is -0.607. The van der Waals surface area contributed by atoms with Gasteiger partial charge < -0.3 is 14.5 Å². The van der Waals surface area contributed by atoms with Crippen LogP contribution in [-0.4, -0.2) is 17.9 Å². The third-order valence-electron chi connectivity index (χ3n) is 5.05. The normalized spacial score (nSPS) is 10.7. The number of nitrogens with zero attached hydrogens (tertiary/aromatic N) is 1. The van der Waals surface area contributed by atoms with Gasteiger partial charge in [0.2, 0.25) is 0 Å². The van der Waals surface area contributed by atoms with Crippen LogP contribution in [0.3, 0.4) is 0 Å². The summed E-state index contributed by atoms with van der Waals surface area (Å²) in [4.78, 5) is 35.7. The van der Waals surface area contributed by atoms with Gasteiger partial charge in [0.15, 0.2) is 5.75 Å². The van der Waals surface area contributed by atoms with Crippen LogP contribution in [0.5, 0.6) is 5.75 Å². The highest BCUT2D eigenvalue weighted by Gasteiger charge is 2.18. The van der Waals surface area contributed by atoms with Crippen LogP contribution in [0.15, 0.2) is 75.9 Å². The average Bonchev–Trinajstić information content (AvgIpc) is 2.78. The zero-order chi connectivity index (χ0) is 22.8. The maximum absolute atomic E-state index is 12.6. The van der Waals surface area contributed by atoms with Gasteiger partial charge in [-0.05, 0) is 54.4 Å². The molecule has 0 aliphatic heterocycles. The van der Waals surface area contributed by atoms with Gasteiger partial charge in [-0.3, -0.25) is 14.9 Å². The lowest BCUT2D eigenvalue weighted by molar-refractivity contribution is -0.385. The number of methoxy groups -OCH3 is 1. The van der Waals surface area contributed by atoms with Gasteiger partial charge in [0.05, 0.1) is 17.6 Å². The van der Waals surface area contributed by atoms with E-state index in [2.05, 4.69) is 5.32 Å². The fraction of sp³-hybridized carbons (Fsp3) is 0.0833. The lowest BCUT2D eigenvalue weighted by Gasteiger charge is -2.10. The lowest BCUT2D eigenvalue weighted by Crippen LogP contribution is -2.12. The average molecular weight is 430 g/mol. The number of anilines is 1. The maximum Gasteiger partial charge on any atom is 0.344 e. The van der Waals surface area contributed by atoms with Crippen molar-refractivity contribution >= 4 is 28.3 Å². The fourth-order valence-corrected chi connectivity index (χ4v) is 3.47. The van der Waals surface area contributed by atoms with Crippen LogP contribution in [0.25, 0.3) is 22.1 Å². The van der Waals surface area contributed by atoms with Gasteiger partial charge in [-0.2, -0.15) is 0 Å². The Morgan fingerprint density at radius 3 is 2.53 bits per heavy atom. The Kier molecular flexibility index (Phi) is 5.43. The second-order valence-corrected chi connectivity index (χ2v) is 7.11. The molecule has 8 nitrogen and oxygen atoms in total. The van der Waals surface area contributed by atoms with E-state index < -0.39 is 16.5 Å². The minimum absolute atomic E-state index is 0.0703. The topological polar surface area (TPSA) is 112 Å². The quantitative estimate of drug-likeness (QED) is 0.273. The van der Waals surface area contributed by atoms with E-state index >= 15 is 0 Å². The Bertz CT molecular complexity index is 1420. The first-order valence-electron chi connectivity index (χ1n) is 9.65. The van der Waals surface area contributed by atoms with E-state index in [-0.39, 0.29) is 17.0 Å². The van der Waals surface area contributed by atoms with Crippen molar-refractivity contribution in [2.24, 2.45) is 0 Å². The third kappa shape index (κ3) is 3.93. The molecule has 32 heavy (non-hydrogen) atoms. The highest BCUT2D eigenvalue weighted by molar-refractivity contribution is 6.05. The summed E-state index contributed by atoms with van der Waals surface area (Å²) in [6.07, 6.45) is 0. The zero-order valence-corrected chi connectivity index (χ0v) is 17.2. The molecule has 0 atom stereocenters. The van der Waals surface area contributed by atoms with Gasteiger partial charge in [0.1, 0.15) is 5.58 Å². The summed E-state index contributed by atoms with van der Waals surface area (Å²) < 4.78 is 10.4. The molecular weight excluding hydrogens is 412 g/mol. The van der Waals surface area contributed by atoms with E-state index in [4.69, 9.17) is 9.15 Å². The van der Waals surface area contributed by atoms with Crippen LogP contribution < -0.4 is 15.7 Å². The van der Waals surface area contributed by atoms with Gasteiger partial charge in [-0.25, -0.2) is 4.79 Å². The second-order valence-electron chi connectivity index (χ2n) is 7.11. The highest BCUT2D eigenvalue weighted by Crippen LogP contribution is 2.29. The number of nitro groups is 1. The first-order valence-corrected chi connectivity index (χ1v) is 9.65. The summed E-state index contributed by atoms with van der Waals surface area (Å²) >= 11 is 0. The Balaban J connectivity index is 1.63. The monoisotopic (exact) mass is 430 g/mol. The molecule has 0 spiro atoms. The molecule has 1 amide bonds. The third-order valence-corrected chi connectivity index (χ3v) is 5.05. The molecule has 0 fully saturated rings. The number of para-hydroxylation sites is 1. The molecule has 0 aliphatic rings. The molecule has 4 rings (SSSR count). The number of carbonyl (C=O) groups is 1. The molecule has 8 heteroatoms. The predicted octanol–water partition coefficient (Wildman–Crippen LogP) is 4.94. The van der Waals surface area contributed by atoms with E-state index in [9.17, 15) is 19.7 Å². The molecule has 0 radical (unpaired) electrons. The lowest BCUT2D eigenvalue weighted by atomic mass is 10.0. The smallest absolute Gasteiger partial charge is 0.344 e. The van der Waals surface area contributed by atoms with E-state index in [0.717, 1.165) is 17.0 Å². The van der Waals surface area contributed by atoms with Crippen molar-refractivity contribution in [1.29, 1.82) is 0 Å². The molecular formula is C24H18N2O6. The Hall–Kier alpha value is -4.46. The van der Waals surface area contributed by atoms with Gasteiger partial charge >= 0.3 is 11.3 Å². The van der Waals surface area contributed by atoms with Crippen molar-refractivity contribution in [3.8, 4) is 16.9 Å². The fourth-order valence-electron chi connectivity index (χ4n) is 3.47. The van der Waals surface area contributed by atoms with Crippen molar-refractivity contribution in [2.75, 3.05) is 12.4 Å². The van der Waals surface area contributed by atoms with Crippen molar-refractivity contribution in [1.82, 2.24) is 0 Å². The van der Waals surface area contributed by atoms with Crippen LogP contribution in [0.4, 0.5) is 11.4 Å². The number of carbonyl (C=O) groups excluding carboxylic acids is 1. The van der Waals surface area contributed by atoms with Gasteiger partial charge in [-0.15, -0.1) is 0 Å². The molecule has 0 saturated carbocycles. The summed E-state index contributed by atoms with van der Waals surface area (Å²) in [5.74, 6) is -0.436. The molecule has 1 N–H and O–H groups in total. The van der Waals surface area contributed by atoms with Crippen LogP contribution in [-0.2, 0) is 0 Å². The van der Waals surface area contributed by atoms with E-state index in [1.54, 1.807) is 36.4 Å². The summed E-state index contributed by atoms with van der Waals surface area (Å²) in [6.45, 7) is 1.82. The molecule has 0 bridgehead atoms. The van der Waals surface area contributed by atoms with Gasteiger partial charge in [0.25, 0.3) is 5.91 Å². The van der Waals surface area contributed by atoms with Gasteiger partial charge in [0, 0.05) is 22.7 Å². The Morgan fingerprint density at radius 2 is 1.81 bits per heavy atom. The molecule has 0 aliphatic carbocycles. The number of amides is 1. The zero-order valence-electron chi connectivity index (χ0n) is 17.2. The maximum atomic E-state index is 12.6. The number of ether oxygens (including phenoxy) is 1. The summed E-state index contributed by atoms with van der Waals surface area (Å²) in [5, 5.41) is 14.7. The summed E-state index contributed by atoms with van der Waals surface area (Å²) in [5.41, 5.74) is 2.23. The molecule has 1 aromatic heterocycles. The number of nitro benzene ring substituents is 1.